The van der Waals surface area contributed by atoms with E-state index in [1.165, 1.54) is 5.56 Å². The van der Waals surface area contributed by atoms with Gasteiger partial charge in [-0.05, 0) is 0 Å². The molecule has 2 N–H and O–H groups in total. The average molecular weight is 467 g/mol. The summed E-state index contributed by atoms with van der Waals surface area (Å²) in [4.78, 5) is 29.1. The summed E-state index contributed by atoms with van der Waals surface area (Å²) in [6, 6.07) is 10.1. The molecular weight excluding hydrogens is 445 g/mol. The van der Waals surface area contributed by atoms with Crippen molar-refractivity contribution in [3.8, 4) is 0 Å². The Labute approximate surface area is 169 Å². The number of amides is 1. The van der Waals surface area contributed by atoms with Crippen LogP contribution in [-0.4, -0.2) is 55.6 Å². The molecule has 0 saturated heterocycles. The van der Waals surface area contributed by atoms with Crippen molar-refractivity contribution in [1.29, 1.82) is 0 Å². The second-order valence-electron chi connectivity index (χ2n) is 6.22. The first kappa shape index (κ1) is 19.4. The topological polar surface area (TPSA) is 79.3 Å². The van der Waals surface area contributed by atoms with Gasteiger partial charge in [0.15, 0.2) is 0 Å². The van der Waals surface area contributed by atoms with Gasteiger partial charge in [-0.25, -0.2) is 0 Å². The molecule has 8 heteroatoms. The first-order valence-corrected chi connectivity index (χ1v) is 12.2. The summed E-state index contributed by atoms with van der Waals surface area (Å²) < 4.78 is 5.80. The number of benzene rings is 1. The third-order valence-corrected chi connectivity index (χ3v) is 7.76. The summed E-state index contributed by atoms with van der Waals surface area (Å²) in [5.41, 5.74) is 2.66. The van der Waals surface area contributed by atoms with E-state index < -0.39 is 22.7 Å². The molecule has 0 atom stereocenters. The number of rotatable bonds is 7. The summed E-state index contributed by atoms with van der Waals surface area (Å²) in [6.45, 7) is 2.49. The fourth-order valence-corrected chi connectivity index (χ4v) is 6.48. The SMILES string of the molecule is CNC(=O)CC1=C[CH]=[In][N]1n1c(C)cnc(NCCc2ccccc2)c1=O. The van der Waals surface area contributed by atoms with Gasteiger partial charge in [0.25, 0.3) is 0 Å². The van der Waals surface area contributed by atoms with E-state index in [-0.39, 0.29) is 17.9 Å². The molecule has 0 saturated carbocycles. The summed E-state index contributed by atoms with van der Waals surface area (Å²) in [5.74, 6) is 0.274. The number of anilines is 1. The van der Waals surface area contributed by atoms with Crippen LogP contribution in [0.1, 0.15) is 17.7 Å². The molecule has 0 spiro atoms. The first-order chi connectivity index (χ1) is 13.1. The zero-order chi connectivity index (χ0) is 19.2. The van der Waals surface area contributed by atoms with Gasteiger partial charge >= 0.3 is 170 Å². The summed E-state index contributed by atoms with van der Waals surface area (Å²) in [6.07, 6.45) is 4.74. The zero-order valence-electron chi connectivity index (χ0n) is 15.5. The van der Waals surface area contributed by atoms with E-state index >= 15 is 0 Å². The van der Waals surface area contributed by atoms with Gasteiger partial charge in [0, 0.05) is 0 Å². The van der Waals surface area contributed by atoms with Gasteiger partial charge < -0.3 is 0 Å². The number of aryl methyl sites for hydroxylation is 1. The molecule has 1 aliphatic heterocycles. The summed E-state index contributed by atoms with van der Waals surface area (Å²) >= 11 is -1.32. The number of carbonyl (C=O) groups excluding carboxylic acids is 1. The van der Waals surface area contributed by atoms with Gasteiger partial charge in [0.1, 0.15) is 0 Å². The Morgan fingerprint density at radius 3 is 2.78 bits per heavy atom. The van der Waals surface area contributed by atoms with Crippen molar-refractivity contribution in [3.05, 3.63) is 69.9 Å². The van der Waals surface area contributed by atoms with Gasteiger partial charge in [0.05, 0.1) is 0 Å². The molecule has 2 aromatic rings. The van der Waals surface area contributed by atoms with Crippen LogP contribution in [0.5, 0.6) is 0 Å². The van der Waals surface area contributed by atoms with Crippen LogP contribution in [0.2, 0.25) is 0 Å². The molecule has 0 aliphatic carbocycles. The molecule has 0 radical (unpaired) electrons. The van der Waals surface area contributed by atoms with E-state index in [0.717, 1.165) is 17.8 Å². The third kappa shape index (κ3) is 4.68. The molecule has 0 unspecified atom stereocenters. The van der Waals surface area contributed by atoms with E-state index in [4.69, 9.17) is 0 Å². The fourth-order valence-electron chi connectivity index (χ4n) is 2.88. The normalized spacial score (nSPS) is 12.5. The van der Waals surface area contributed by atoms with Crippen LogP contribution >= 0.6 is 0 Å². The van der Waals surface area contributed by atoms with Crippen molar-refractivity contribution in [1.82, 2.24) is 15.0 Å². The van der Waals surface area contributed by atoms with Gasteiger partial charge in [-0.2, -0.15) is 0 Å². The van der Waals surface area contributed by atoms with E-state index in [2.05, 4.69) is 31.5 Å². The van der Waals surface area contributed by atoms with Crippen LogP contribution < -0.4 is 19.2 Å². The van der Waals surface area contributed by atoms with E-state index in [1.54, 1.807) is 17.9 Å². The van der Waals surface area contributed by atoms with Crippen molar-refractivity contribution in [3.63, 3.8) is 0 Å². The van der Waals surface area contributed by atoms with Crippen molar-refractivity contribution in [2.24, 2.45) is 0 Å². The molecule has 0 fully saturated rings. The van der Waals surface area contributed by atoms with Gasteiger partial charge in [-0.1, -0.05) is 0 Å². The third-order valence-electron chi connectivity index (χ3n) is 4.30. The molecule has 7 nitrogen and oxygen atoms in total. The molecular formula is C19H22InN5O2. The minimum absolute atomic E-state index is 0.0645. The van der Waals surface area contributed by atoms with Crippen molar-refractivity contribution in [2.75, 3.05) is 21.9 Å². The Hall–Kier alpha value is -2.35. The van der Waals surface area contributed by atoms with Crippen LogP contribution in [0.25, 0.3) is 0 Å². The molecule has 27 heavy (non-hydrogen) atoms. The predicted octanol–water partition coefficient (Wildman–Crippen LogP) is 0.599. The summed E-state index contributed by atoms with van der Waals surface area (Å²) in [5, 5.41) is 5.80. The number of carbonyl (C=O) groups is 1. The van der Waals surface area contributed by atoms with Crippen molar-refractivity contribution >= 4 is 38.2 Å². The number of nitrogens with zero attached hydrogens (tertiary/aromatic N) is 3. The van der Waals surface area contributed by atoms with E-state index in [9.17, 15) is 9.59 Å². The van der Waals surface area contributed by atoms with E-state index in [1.807, 2.05) is 34.2 Å². The number of hydrogen-bond donors (Lipinski definition) is 2. The van der Waals surface area contributed by atoms with Gasteiger partial charge in [-0.3, -0.25) is 0 Å². The Morgan fingerprint density at radius 2 is 2.04 bits per heavy atom. The fraction of sp³-hybridized carbons (Fsp3) is 0.263. The summed E-state index contributed by atoms with van der Waals surface area (Å²) in [7, 11) is 1.62. The molecule has 1 amide bonds. The Balaban J connectivity index is 1.77. The van der Waals surface area contributed by atoms with Crippen LogP contribution in [0.4, 0.5) is 5.82 Å². The van der Waals surface area contributed by atoms with Crippen LogP contribution in [0, 0.1) is 6.92 Å². The van der Waals surface area contributed by atoms with Crippen LogP contribution in [0.3, 0.4) is 0 Å². The molecule has 3 rings (SSSR count). The Bertz CT molecular complexity index is 937. The first-order valence-electron chi connectivity index (χ1n) is 8.84. The monoisotopic (exact) mass is 467 g/mol. The van der Waals surface area contributed by atoms with Gasteiger partial charge in [-0.15, -0.1) is 0 Å². The molecule has 138 valence electrons. The maximum absolute atomic E-state index is 13.0. The molecule has 0 bridgehead atoms. The molecule has 2 heterocycles. The molecule has 1 aromatic carbocycles. The Morgan fingerprint density at radius 1 is 1.26 bits per heavy atom. The average Bonchev–Trinajstić information content (AvgIpc) is 3.12. The second kappa shape index (κ2) is 9.03. The quantitative estimate of drug-likeness (QED) is 0.624. The minimum atomic E-state index is -1.32. The van der Waals surface area contributed by atoms with Crippen molar-refractivity contribution < 1.29 is 4.79 Å². The standard InChI is InChI=1S/C19H22N5O2.In/c1-4-16(12-17(25)20-3)23-24-14(2)13-22-18(19(24)26)21-11-10-15-8-6-5-7-9-15;/h1,4-9,13H,10-12H2,2-3H3,(H,20,25)(H,21,22);/q-1;+1. The van der Waals surface area contributed by atoms with Gasteiger partial charge in [0.2, 0.25) is 0 Å². The maximum atomic E-state index is 13.0. The number of nitrogens with one attached hydrogen (secondary N) is 2. The second-order valence-corrected chi connectivity index (χ2v) is 9.57. The number of allylic oxidation sites excluding steroid dienone is 1. The molecule has 1 aliphatic rings. The van der Waals surface area contributed by atoms with Crippen LogP contribution in [-0.2, 0) is 11.2 Å². The zero-order valence-corrected chi connectivity index (χ0v) is 18.8. The molecule has 1 aromatic heterocycles. The number of hydrogen-bond acceptors (Lipinski definition) is 5. The predicted molar refractivity (Wildman–Crippen MR) is 109 cm³/mol. The van der Waals surface area contributed by atoms with Crippen LogP contribution in [0.15, 0.2) is 53.1 Å². The van der Waals surface area contributed by atoms with Crippen molar-refractivity contribution in [2.45, 2.75) is 19.8 Å². The Kier molecular flexibility index (Phi) is 6.49. The van der Waals surface area contributed by atoms with E-state index in [0.29, 0.717) is 12.4 Å². The number of aromatic nitrogens is 2.